The summed E-state index contributed by atoms with van der Waals surface area (Å²) in [4.78, 5) is 21.8. The maximum absolute atomic E-state index is 12.6. The first kappa shape index (κ1) is 18.4. The number of aromatic nitrogens is 2. The second kappa shape index (κ2) is 7.98. The zero-order valence-corrected chi connectivity index (χ0v) is 16.2. The number of esters is 1. The van der Waals surface area contributed by atoms with Crippen molar-refractivity contribution in [3.05, 3.63) is 72.1 Å². The van der Waals surface area contributed by atoms with Crippen molar-refractivity contribution in [1.82, 2.24) is 10.1 Å². The molecule has 0 saturated carbocycles. The van der Waals surface area contributed by atoms with E-state index in [1.807, 2.05) is 60.7 Å². The lowest BCUT2D eigenvalue weighted by molar-refractivity contribution is -0.146. The number of rotatable bonds is 6. The standard InChI is InChI=1S/C21H19N3O3S/c1-26-20(25)21(14-28-19(23-21)16-10-6-3-7-11-16)13-12-17-22-18(24-27-17)15-8-4-2-5-9-15/h2-11H,12-14H2,1H3/t21-/m0/s1. The summed E-state index contributed by atoms with van der Waals surface area (Å²) in [6.45, 7) is 0. The van der Waals surface area contributed by atoms with Crippen LogP contribution in [0.5, 0.6) is 0 Å². The third-order valence-corrected chi connectivity index (χ3v) is 5.82. The van der Waals surface area contributed by atoms with Gasteiger partial charge in [-0.25, -0.2) is 4.79 Å². The van der Waals surface area contributed by atoms with E-state index in [4.69, 9.17) is 14.3 Å². The molecule has 0 unspecified atom stereocenters. The van der Waals surface area contributed by atoms with Crippen LogP contribution in [0.2, 0.25) is 0 Å². The molecule has 6 nitrogen and oxygen atoms in total. The van der Waals surface area contributed by atoms with Crippen LogP contribution >= 0.6 is 11.8 Å². The minimum absolute atomic E-state index is 0.339. The Bertz CT molecular complexity index is 988. The molecule has 142 valence electrons. The summed E-state index contributed by atoms with van der Waals surface area (Å²) < 4.78 is 10.4. The summed E-state index contributed by atoms with van der Waals surface area (Å²) in [6.07, 6.45) is 0.889. The Balaban J connectivity index is 1.53. The van der Waals surface area contributed by atoms with Gasteiger partial charge in [-0.2, -0.15) is 4.98 Å². The molecule has 0 saturated heterocycles. The molecule has 1 aliphatic rings. The van der Waals surface area contributed by atoms with Gasteiger partial charge in [0.2, 0.25) is 11.7 Å². The molecule has 1 aliphatic heterocycles. The van der Waals surface area contributed by atoms with Crippen molar-refractivity contribution >= 4 is 22.8 Å². The fourth-order valence-electron chi connectivity index (χ4n) is 3.07. The van der Waals surface area contributed by atoms with Crippen LogP contribution in [-0.4, -0.2) is 39.6 Å². The van der Waals surface area contributed by atoms with Gasteiger partial charge in [0.05, 0.1) is 12.2 Å². The molecule has 0 N–H and O–H groups in total. The van der Waals surface area contributed by atoms with Crippen LogP contribution in [0.15, 0.2) is 70.2 Å². The smallest absolute Gasteiger partial charge is 0.334 e. The first-order valence-electron chi connectivity index (χ1n) is 8.95. The molecule has 0 aliphatic carbocycles. The van der Waals surface area contributed by atoms with Gasteiger partial charge in [0, 0.05) is 23.3 Å². The number of methoxy groups -OCH3 is 1. The van der Waals surface area contributed by atoms with Gasteiger partial charge in [-0.3, -0.25) is 4.99 Å². The van der Waals surface area contributed by atoms with E-state index in [0.29, 0.717) is 30.3 Å². The molecule has 4 rings (SSSR count). The van der Waals surface area contributed by atoms with E-state index in [-0.39, 0.29) is 5.97 Å². The molecule has 0 fully saturated rings. The predicted octanol–water partition coefficient (Wildman–Crippen LogP) is 3.77. The highest BCUT2D eigenvalue weighted by Gasteiger charge is 2.44. The SMILES string of the molecule is COC(=O)[C@]1(CCc2nc(-c3ccccc3)no2)CSC(c2ccccc2)=N1. The molecule has 3 aromatic rings. The van der Waals surface area contributed by atoms with Crippen molar-refractivity contribution in [3.8, 4) is 11.4 Å². The lowest BCUT2D eigenvalue weighted by Gasteiger charge is -2.21. The number of hydrogen-bond acceptors (Lipinski definition) is 7. The van der Waals surface area contributed by atoms with E-state index in [0.717, 1.165) is 16.2 Å². The Morgan fingerprint density at radius 3 is 2.46 bits per heavy atom. The number of aliphatic imine (C=N–C) groups is 1. The fourth-order valence-corrected chi connectivity index (χ4v) is 4.32. The van der Waals surface area contributed by atoms with Gasteiger partial charge in [0.15, 0.2) is 5.54 Å². The van der Waals surface area contributed by atoms with Crippen LogP contribution in [-0.2, 0) is 16.0 Å². The largest absolute Gasteiger partial charge is 0.467 e. The third-order valence-electron chi connectivity index (χ3n) is 4.60. The number of benzene rings is 2. The van der Waals surface area contributed by atoms with Gasteiger partial charge in [-0.1, -0.05) is 65.8 Å². The van der Waals surface area contributed by atoms with E-state index in [1.54, 1.807) is 11.8 Å². The minimum Gasteiger partial charge on any atom is -0.467 e. The summed E-state index contributed by atoms with van der Waals surface area (Å²) in [5.74, 6) is 1.21. The Morgan fingerprint density at radius 2 is 1.79 bits per heavy atom. The number of carbonyl (C=O) groups is 1. The Kier molecular flexibility index (Phi) is 5.25. The van der Waals surface area contributed by atoms with Gasteiger partial charge in [0.1, 0.15) is 0 Å². The van der Waals surface area contributed by atoms with E-state index in [1.165, 1.54) is 7.11 Å². The molecule has 1 aromatic heterocycles. The summed E-state index contributed by atoms with van der Waals surface area (Å²) >= 11 is 1.57. The average molecular weight is 393 g/mol. The normalized spacial score (nSPS) is 18.7. The molecule has 0 amide bonds. The number of ether oxygens (including phenoxy) is 1. The quantitative estimate of drug-likeness (QED) is 0.593. The molecule has 2 heterocycles. The van der Waals surface area contributed by atoms with Crippen LogP contribution in [0, 0.1) is 0 Å². The van der Waals surface area contributed by atoms with Crippen LogP contribution < -0.4 is 0 Å². The van der Waals surface area contributed by atoms with Gasteiger partial charge in [0.25, 0.3) is 0 Å². The van der Waals surface area contributed by atoms with Crippen molar-refractivity contribution in [3.63, 3.8) is 0 Å². The number of carbonyl (C=O) groups excluding carboxylic acids is 1. The average Bonchev–Trinajstić information content (AvgIpc) is 3.41. The van der Waals surface area contributed by atoms with E-state index in [9.17, 15) is 4.79 Å². The zero-order valence-electron chi connectivity index (χ0n) is 15.4. The van der Waals surface area contributed by atoms with Crippen LogP contribution in [0.4, 0.5) is 0 Å². The van der Waals surface area contributed by atoms with Gasteiger partial charge < -0.3 is 9.26 Å². The molecule has 7 heteroatoms. The van der Waals surface area contributed by atoms with E-state index < -0.39 is 5.54 Å². The Morgan fingerprint density at radius 1 is 1.11 bits per heavy atom. The zero-order chi connectivity index (χ0) is 19.4. The first-order valence-corrected chi connectivity index (χ1v) is 9.93. The molecule has 0 bridgehead atoms. The third kappa shape index (κ3) is 3.71. The Hall–Kier alpha value is -2.93. The van der Waals surface area contributed by atoms with Crippen molar-refractivity contribution in [2.75, 3.05) is 12.9 Å². The van der Waals surface area contributed by atoms with Gasteiger partial charge >= 0.3 is 5.97 Å². The fraction of sp³-hybridized carbons (Fsp3) is 0.238. The highest BCUT2D eigenvalue weighted by Crippen LogP contribution is 2.35. The summed E-state index contributed by atoms with van der Waals surface area (Å²) in [5, 5.41) is 4.89. The summed E-state index contributed by atoms with van der Waals surface area (Å²) in [6, 6.07) is 19.5. The topological polar surface area (TPSA) is 77.6 Å². The van der Waals surface area contributed by atoms with Crippen molar-refractivity contribution < 1.29 is 14.1 Å². The second-order valence-electron chi connectivity index (χ2n) is 6.47. The predicted molar refractivity (Wildman–Crippen MR) is 108 cm³/mol. The summed E-state index contributed by atoms with van der Waals surface area (Å²) in [7, 11) is 1.39. The number of nitrogens with zero attached hydrogens (tertiary/aromatic N) is 3. The lowest BCUT2D eigenvalue weighted by atomic mass is 9.96. The highest BCUT2D eigenvalue weighted by atomic mass is 32.2. The molecular formula is C21H19N3O3S. The highest BCUT2D eigenvalue weighted by molar-refractivity contribution is 8.14. The van der Waals surface area contributed by atoms with Crippen LogP contribution in [0.25, 0.3) is 11.4 Å². The molecule has 28 heavy (non-hydrogen) atoms. The molecule has 1 atom stereocenters. The first-order chi connectivity index (χ1) is 13.7. The van der Waals surface area contributed by atoms with E-state index in [2.05, 4.69) is 10.1 Å². The maximum Gasteiger partial charge on any atom is 0.334 e. The van der Waals surface area contributed by atoms with Gasteiger partial charge in [-0.05, 0) is 6.42 Å². The van der Waals surface area contributed by atoms with Crippen LogP contribution in [0.3, 0.4) is 0 Å². The number of thioether (sulfide) groups is 1. The van der Waals surface area contributed by atoms with Crippen LogP contribution in [0.1, 0.15) is 17.9 Å². The van der Waals surface area contributed by atoms with Crippen molar-refractivity contribution in [1.29, 1.82) is 0 Å². The van der Waals surface area contributed by atoms with Crippen molar-refractivity contribution in [2.24, 2.45) is 4.99 Å². The van der Waals surface area contributed by atoms with Gasteiger partial charge in [-0.15, -0.1) is 11.8 Å². The molecular weight excluding hydrogens is 374 g/mol. The maximum atomic E-state index is 12.6. The monoisotopic (exact) mass is 393 g/mol. The molecule has 0 radical (unpaired) electrons. The van der Waals surface area contributed by atoms with Crippen molar-refractivity contribution in [2.45, 2.75) is 18.4 Å². The number of hydrogen-bond donors (Lipinski definition) is 0. The van der Waals surface area contributed by atoms with E-state index >= 15 is 0 Å². The Labute approximate surface area is 167 Å². The molecule has 0 spiro atoms. The number of aryl methyl sites for hydroxylation is 1. The lowest BCUT2D eigenvalue weighted by Crippen LogP contribution is -2.39. The summed E-state index contributed by atoms with van der Waals surface area (Å²) in [5.41, 5.74) is 0.954. The molecule has 2 aromatic carbocycles. The second-order valence-corrected chi connectivity index (χ2v) is 7.44. The minimum atomic E-state index is -0.939.